The van der Waals surface area contributed by atoms with E-state index in [9.17, 15) is 13.2 Å². The van der Waals surface area contributed by atoms with Crippen molar-refractivity contribution < 1.29 is 13.2 Å². The van der Waals surface area contributed by atoms with E-state index in [2.05, 4.69) is 52.1 Å². The number of rotatable bonds is 5. The van der Waals surface area contributed by atoms with Crippen molar-refractivity contribution >= 4 is 16.1 Å². The van der Waals surface area contributed by atoms with Crippen LogP contribution in [0.15, 0.2) is 12.1 Å². The van der Waals surface area contributed by atoms with Gasteiger partial charge in [-0.3, -0.25) is 4.79 Å². The van der Waals surface area contributed by atoms with Crippen LogP contribution in [0.4, 0.5) is 0 Å². The van der Waals surface area contributed by atoms with Gasteiger partial charge in [0.25, 0.3) is 10.2 Å². The molecule has 0 saturated carbocycles. The zero-order valence-electron chi connectivity index (χ0n) is 17.1. The van der Waals surface area contributed by atoms with E-state index in [-0.39, 0.29) is 17.2 Å². The first kappa shape index (κ1) is 21.9. The third-order valence-electron chi connectivity index (χ3n) is 5.42. The number of nitrogens with two attached hydrogens (primary N) is 1. The lowest BCUT2D eigenvalue weighted by molar-refractivity contribution is -0.126. The molecule has 1 fully saturated rings. The summed E-state index contributed by atoms with van der Waals surface area (Å²) in [5, 5.41) is 8.16. The van der Waals surface area contributed by atoms with Crippen LogP contribution in [0.3, 0.4) is 0 Å². The molecule has 1 aliphatic heterocycles. The summed E-state index contributed by atoms with van der Waals surface area (Å²) in [5.41, 5.74) is 5.25. The van der Waals surface area contributed by atoms with E-state index >= 15 is 0 Å². The van der Waals surface area contributed by atoms with Crippen LogP contribution in [0, 0.1) is 19.8 Å². The maximum Gasteiger partial charge on any atom is 0.276 e. The number of amides is 1. The zero-order chi connectivity index (χ0) is 20.4. The molecule has 7 heteroatoms. The van der Waals surface area contributed by atoms with Gasteiger partial charge in [-0.25, -0.2) is 5.14 Å². The Bertz CT molecular complexity index is 766. The minimum Gasteiger partial charge on any atom is -0.356 e. The third kappa shape index (κ3) is 5.77. The predicted molar refractivity (Wildman–Crippen MR) is 109 cm³/mol. The second kappa shape index (κ2) is 8.29. The van der Waals surface area contributed by atoms with Crippen LogP contribution in [0.25, 0.3) is 0 Å². The summed E-state index contributed by atoms with van der Waals surface area (Å²) >= 11 is 0. The Hall–Kier alpha value is -1.44. The highest BCUT2D eigenvalue weighted by Crippen LogP contribution is 2.27. The van der Waals surface area contributed by atoms with Crippen LogP contribution >= 0.6 is 0 Å². The maximum atomic E-state index is 12.4. The van der Waals surface area contributed by atoms with Gasteiger partial charge in [0.2, 0.25) is 5.91 Å². The molecule has 0 radical (unpaired) electrons. The Balaban J connectivity index is 1.89. The van der Waals surface area contributed by atoms with Crippen molar-refractivity contribution in [1.29, 1.82) is 0 Å². The minimum atomic E-state index is -3.65. The number of carbonyl (C=O) groups excluding carboxylic acids is 1. The first-order valence-electron chi connectivity index (χ1n) is 9.56. The molecule has 2 rings (SSSR count). The van der Waals surface area contributed by atoms with E-state index in [1.54, 1.807) is 0 Å². The molecule has 1 aromatic rings. The number of carbonyl (C=O) groups is 1. The molecule has 0 spiro atoms. The van der Waals surface area contributed by atoms with Gasteiger partial charge in [-0.15, -0.1) is 0 Å². The predicted octanol–water partition coefficient (Wildman–Crippen LogP) is 2.18. The van der Waals surface area contributed by atoms with Gasteiger partial charge in [0, 0.05) is 25.6 Å². The summed E-state index contributed by atoms with van der Waals surface area (Å²) in [6.45, 7) is 12.1. The molecule has 0 aliphatic carbocycles. The zero-order valence-corrected chi connectivity index (χ0v) is 17.9. The Morgan fingerprint density at radius 3 is 2.15 bits per heavy atom. The molecule has 1 heterocycles. The largest absolute Gasteiger partial charge is 0.356 e. The average Bonchev–Trinajstić information content (AvgIpc) is 2.55. The summed E-state index contributed by atoms with van der Waals surface area (Å²) in [6, 6.07) is 4.49. The standard InChI is InChI=1S/C20H33N3O3S/c1-14-12-17(20(3,4)5)13-15(2)18(14)6-9-22-19(24)16-7-10-23(11-8-16)27(21,25)26/h12-13,16H,6-11H2,1-5H3,(H,22,24)(H2,21,25,26). The van der Waals surface area contributed by atoms with Gasteiger partial charge in [-0.05, 0) is 60.8 Å². The normalized spacial score (nSPS) is 17.1. The summed E-state index contributed by atoms with van der Waals surface area (Å²) in [5.74, 6) is -0.140. The van der Waals surface area contributed by atoms with Gasteiger partial charge >= 0.3 is 0 Å². The van der Waals surface area contributed by atoms with E-state index in [4.69, 9.17) is 5.14 Å². The highest BCUT2D eigenvalue weighted by molar-refractivity contribution is 7.86. The van der Waals surface area contributed by atoms with E-state index in [0.717, 1.165) is 6.42 Å². The molecule has 27 heavy (non-hydrogen) atoms. The van der Waals surface area contributed by atoms with Crippen molar-refractivity contribution in [3.63, 3.8) is 0 Å². The summed E-state index contributed by atoms with van der Waals surface area (Å²) in [7, 11) is -3.65. The fourth-order valence-electron chi connectivity index (χ4n) is 3.65. The van der Waals surface area contributed by atoms with Crippen LogP contribution in [0.5, 0.6) is 0 Å². The Kier molecular flexibility index (Phi) is 6.71. The van der Waals surface area contributed by atoms with Crippen molar-refractivity contribution in [2.24, 2.45) is 11.1 Å². The summed E-state index contributed by atoms with van der Waals surface area (Å²) in [6.07, 6.45) is 1.82. The average molecular weight is 396 g/mol. The van der Waals surface area contributed by atoms with Gasteiger partial charge in [0.05, 0.1) is 0 Å². The highest BCUT2D eigenvalue weighted by Gasteiger charge is 2.29. The molecule has 0 atom stereocenters. The minimum absolute atomic E-state index is 0.00527. The van der Waals surface area contributed by atoms with Crippen molar-refractivity contribution in [1.82, 2.24) is 9.62 Å². The van der Waals surface area contributed by atoms with E-state index in [1.165, 1.54) is 26.6 Å². The first-order chi connectivity index (χ1) is 12.4. The van der Waals surface area contributed by atoms with Gasteiger partial charge in [0.1, 0.15) is 0 Å². The first-order valence-corrected chi connectivity index (χ1v) is 11.1. The van der Waals surface area contributed by atoms with Gasteiger partial charge < -0.3 is 5.32 Å². The van der Waals surface area contributed by atoms with Crippen molar-refractivity contribution in [2.75, 3.05) is 19.6 Å². The molecule has 152 valence electrons. The highest BCUT2D eigenvalue weighted by atomic mass is 32.2. The summed E-state index contributed by atoms with van der Waals surface area (Å²) in [4.78, 5) is 12.4. The third-order valence-corrected chi connectivity index (χ3v) is 6.51. The van der Waals surface area contributed by atoms with Gasteiger partial charge in [-0.2, -0.15) is 12.7 Å². The molecular weight excluding hydrogens is 362 g/mol. The van der Waals surface area contributed by atoms with Crippen molar-refractivity contribution in [3.05, 3.63) is 34.4 Å². The monoisotopic (exact) mass is 395 g/mol. The molecular formula is C20H33N3O3S. The molecule has 1 saturated heterocycles. The number of nitrogens with one attached hydrogen (secondary N) is 1. The second-order valence-corrected chi connectivity index (χ2v) is 10.1. The van der Waals surface area contributed by atoms with E-state index in [0.29, 0.717) is 32.5 Å². The molecule has 0 aromatic heterocycles. The van der Waals surface area contributed by atoms with E-state index in [1.807, 2.05) is 0 Å². The summed E-state index contributed by atoms with van der Waals surface area (Å²) < 4.78 is 23.9. The number of hydrogen-bond donors (Lipinski definition) is 2. The molecule has 1 amide bonds. The Morgan fingerprint density at radius 2 is 1.70 bits per heavy atom. The number of benzene rings is 1. The second-order valence-electron chi connectivity index (χ2n) is 8.60. The fraction of sp³-hybridized carbons (Fsp3) is 0.650. The molecule has 1 aliphatic rings. The van der Waals surface area contributed by atoms with Crippen molar-refractivity contribution in [2.45, 2.75) is 59.3 Å². The number of nitrogens with zero attached hydrogens (tertiary/aromatic N) is 1. The van der Waals surface area contributed by atoms with Gasteiger partial charge in [-0.1, -0.05) is 32.9 Å². The molecule has 1 aromatic carbocycles. The van der Waals surface area contributed by atoms with Crippen LogP contribution in [-0.2, 0) is 26.8 Å². The molecule has 3 N–H and O–H groups in total. The van der Waals surface area contributed by atoms with Crippen LogP contribution < -0.4 is 10.5 Å². The molecule has 0 unspecified atom stereocenters. The lowest BCUT2D eigenvalue weighted by Crippen LogP contribution is -2.45. The quantitative estimate of drug-likeness (QED) is 0.800. The van der Waals surface area contributed by atoms with Gasteiger partial charge in [0.15, 0.2) is 0 Å². The Morgan fingerprint density at radius 1 is 1.19 bits per heavy atom. The Labute approximate surface area is 163 Å². The van der Waals surface area contributed by atoms with Crippen molar-refractivity contribution in [3.8, 4) is 0 Å². The molecule has 6 nitrogen and oxygen atoms in total. The van der Waals surface area contributed by atoms with E-state index < -0.39 is 10.2 Å². The fourth-order valence-corrected chi connectivity index (χ4v) is 4.37. The number of aryl methyl sites for hydroxylation is 2. The van der Waals surface area contributed by atoms with Crippen LogP contribution in [0.2, 0.25) is 0 Å². The SMILES string of the molecule is Cc1cc(C(C)(C)C)cc(C)c1CCNC(=O)C1CCN(S(N)(=O)=O)CC1. The topological polar surface area (TPSA) is 92.5 Å². The van der Waals surface area contributed by atoms with Crippen LogP contribution in [-0.4, -0.2) is 38.3 Å². The smallest absolute Gasteiger partial charge is 0.276 e. The lowest BCUT2D eigenvalue weighted by Gasteiger charge is -2.29. The number of piperidine rings is 1. The maximum absolute atomic E-state index is 12.4. The lowest BCUT2D eigenvalue weighted by atomic mass is 9.83. The van der Waals surface area contributed by atoms with Crippen LogP contribution in [0.1, 0.15) is 55.9 Å². The molecule has 0 bridgehead atoms. The number of hydrogen-bond acceptors (Lipinski definition) is 3.